The van der Waals surface area contributed by atoms with Crippen LogP contribution in [0.3, 0.4) is 0 Å². The molecule has 0 aliphatic carbocycles. The molecule has 1 aromatic rings. The Balaban J connectivity index is 2.56. The lowest BCUT2D eigenvalue weighted by Crippen LogP contribution is -1.96. The van der Waals surface area contributed by atoms with Crippen LogP contribution in [0.5, 0.6) is 5.75 Å². The van der Waals surface area contributed by atoms with Crippen LogP contribution >= 0.6 is 38.5 Å². The Morgan fingerprint density at radius 3 is 2.85 bits per heavy atom. The van der Waals surface area contributed by atoms with Crippen molar-refractivity contribution in [3.05, 3.63) is 26.2 Å². The van der Waals surface area contributed by atoms with Crippen molar-refractivity contribution in [3.63, 3.8) is 0 Å². The molecule has 0 heterocycles. The predicted octanol–water partition coefficient (Wildman–Crippen LogP) is 4.23. The summed E-state index contributed by atoms with van der Waals surface area (Å²) in [6.07, 6.45) is 2.28. The number of hydrogen-bond donors (Lipinski definition) is 0. The molecule has 0 aliphatic rings. The summed E-state index contributed by atoms with van der Waals surface area (Å²) >= 11 is 5.75. The molecule has 0 saturated heterocycles. The van der Waals surface area contributed by atoms with Gasteiger partial charge in [-0.25, -0.2) is 0 Å². The van der Waals surface area contributed by atoms with Gasteiger partial charge in [-0.05, 0) is 63.1 Å². The van der Waals surface area contributed by atoms with Crippen molar-refractivity contribution in [1.82, 2.24) is 0 Å². The molecule has 1 nitrogen and oxygen atoms in total. The average molecular weight is 355 g/mol. The van der Waals surface area contributed by atoms with Crippen molar-refractivity contribution in [3.8, 4) is 5.75 Å². The molecular formula is C10H12BrIO. The van der Waals surface area contributed by atoms with E-state index in [9.17, 15) is 0 Å². The van der Waals surface area contributed by atoms with E-state index in [1.54, 1.807) is 0 Å². The van der Waals surface area contributed by atoms with E-state index in [0.717, 1.165) is 23.2 Å². The number of unbranched alkanes of at least 4 members (excludes halogenated alkanes) is 1. The van der Waals surface area contributed by atoms with Gasteiger partial charge in [-0.2, -0.15) is 0 Å². The summed E-state index contributed by atoms with van der Waals surface area (Å²) in [6.45, 7) is 2.96. The zero-order chi connectivity index (χ0) is 9.68. The van der Waals surface area contributed by atoms with Crippen molar-refractivity contribution < 1.29 is 4.74 Å². The number of halogens is 2. The van der Waals surface area contributed by atoms with E-state index in [-0.39, 0.29) is 0 Å². The van der Waals surface area contributed by atoms with Gasteiger partial charge in [-0.3, -0.25) is 0 Å². The number of rotatable bonds is 4. The summed E-state index contributed by atoms with van der Waals surface area (Å²) in [7, 11) is 0. The van der Waals surface area contributed by atoms with Gasteiger partial charge in [0.2, 0.25) is 0 Å². The molecule has 0 saturated carbocycles. The van der Waals surface area contributed by atoms with Crippen LogP contribution in [0.4, 0.5) is 0 Å². The highest BCUT2D eigenvalue weighted by Gasteiger charge is 2.00. The minimum Gasteiger partial charge on any atom is -0.492 e. The molecule has 3 heteroatoms. The fourth-order valence-electron chi connectivity index (χ4n) is 0.919. The minimum absolute atomic E-state index is 0.801. The molecule has 0 amide bonds. The molecule has 1 aromatic carbocycles. The van der Waals surface area contributed by atoms with Crippen molar-refractivity contribution in [2.24, 2.45) is 0 Å². The maximum absolute atomic E-state index is 5.58. The van der Waals surface area contributed by atoms with Gasteiger partial charge in [-0.1, -0.05) is 13.3 Å². The van der Waals surface area contributed by atoms with Gasteiger partial charge in [0, 0.05) is 3.57 Å². The molecule has 0 radical (unpaired) electrons. The van der Waals surface area contributed by atoms with Crippen molar-refractivity contribution in [2.75, 3.05) is 6.61 Å². The van der Waals surface area contributed by atoms with Crippen LogP contribution in [0.2, 0.25) is 0 Å². The monoisotopic (exact) mass is 354 g/mol. The van der Waals surface area contributed by atoms with E-state index >= 15 is 0 Å². The fourth-order valence-corrected chi connectivity index (χ4v) is 2.33. The third kappa shape index (κ3) is 3.85. The van der Waals surface area contributed by atoms with Crippen LogP contribution < -0.4 is 4.74 Å². The highest BCUT2D eigenvalue weighted by atomic mass is 127. The van der Waals surface area contributed by atoms with E-state index < -0.39 is 0 Å². The first-order valence-electron chi connectivity index (χ1n) is 4.32. The summed E-state index contributed by atoms with van der Waals surface area (Å²) < 4.78 is 7.83. The average Bonchev–Trinajstić information content (AvgIpc) is 2.09. The second-order valence-corrected chi connectivity index (χ2v) is 4.88. The molecular weight excluding hydrogens is 343 g/mol. The Kier molecular flexibility index (Phi) is 5.09. The van der Waals surface area contributed by atoms with Gasteiger partial charge in [0.25, 0.3) is 0 Å². The summed E-state index contributed by atoms with van der Waals surface area (Å²) in [5.41, 5.74) is 0. The van der Waals surface area contributed by atoms with Gasteiger partial charge in [0.1, 0.15) is 5.75 Å². The first kappa shape index (κ1) is 11.3. The second-order valence-electron chi connectivity index (χ2n) is 2.78. The third-order valence-corrected chi connectivity index (χ3v) is 2.94. The zero-order valence-corrected chi connectivity index (χ0v) is 11.3. The standard InChI is InChI=1S/C10H12BrIO/c1-2-3-6-13-10-5-4-8(12)7-9(10)11/h4-5,7H,2-3,6H2,1H3. The van der Waals surface area contributed by atoms with Gasteiger partial charge >= 0.3 is 0 Å². The number of hydrogen-bond acceptors (Lipinski definition) is 1. The molecule has 13 heavy (non-hydrogen) atoms. The van der Waals surface area contributed by atoms with Crippen LogP contribution in [0.15, 0.2) is 22.7 Å². The SMILES string of the molecule is CCCCOc1ccc(I)cc1Br. The molecule has 0 aliphatic heterocycles. The van der Waals surface area contributed by atoms with E-state index in [1.165, 1.54) is 9.99 Å². The van der Waals surface area contributed by atoms with Crippen LogP contribution in [0.1, 0.15) is 19.8 Å². The van der Waals surface area contributed by atoms with Gasteiger partial charge < -0.3 is 4.74 Å². The molecule has 0 N–H and O–H groups in total. The van der Waals surface area contributed by atoms with Gasteiger partial charge in [0.15, 0.2) is 0 Å². The normalized spacial score (nSPS) is 10.1. The fraction of sp³-hybridized carbons (Fsp3) is 0.400. The Labute approximate surface area is 101 Å². The highest BCUT2D eigenvalue weighted by Crippen LogP contribution is 2.26. The van der Waals surface area contributed by atoms with Crippen molar-refractivity contribution in [1.29, 1.82) is 0 Å². The number of benzene rings is 1. The molecule has 0 aromatic heterocycles. The van der Waals surface area contributed by atoms with Crippen molar-refractivity contribution in [2.45, 2.75) is 19.8 Å². The lowest BCUT2D eigenvalue weighted by atomic mass is 10.3. The first-order chi connectivity index (χ1) is 6.24. The molecule has 0 spiro atoms. The Morgan fingerprint density at radius 2 is 2.23 bits per heavy atom. The molecule has 0 bridgehead atoms. The predicted molar refractivity (Wildman–Crippen MR) is 67.3 cm³/mol. The molecule has 72 valence electrons. The van der Waals surface area contributed by atoms with Gasteiger partial charge in [-0.15, -0.1) is 0 Å². The molecule has 0 fully saturated rings. The first-order valence-corrected chi connectivity index (χ1v) is 6.19. The molecule has 0 atom stereocenters. The maximum atomic E-state index is 5.58. The smallest absolute Gasteiger partial charge is 0.133 e. The van der Waals surface area contributed by atoms with Crippen LogP contribution in [-0.2, 0) is 0 Å². The molecule has 0 unspecified atom stereocenters. The summed E-state index contributed by atoms with van der Waals surface area (Å²) in [4.78, 5) is 0. The van der Waals surface area contributed by atoms with Crippen LogP contribution in [-0.4, -0.2) is 6.61 Å². The summed E-state index contributed by atoms with van der Waals surface area (Å²) in [5, 5.41) is 0. The lowest BCUT2D eigenvalue weighted by molar-refractivity contribution is 0.307. The maximum Gasteiger partial charge on any atom is 0.133 e. The largest absolute Gasteiger partial charge is 0.492 e. The number of ether oxygens (including phenoxy) is 1. The Hall–Kier alpha value is 0.230. The van der Waals surface area contributed by atoms with Crippen molar-refractivity contribution >= 4 is 38.5 Å². The van der Waals surface area contributed by atoms with E-state index in [1.807, 2.05) is 12.1 Å². The zero-order valence-electron chi connectivity index (χ0n) is 7.52. The van der Waals surface area contributed by atoms with Crippen LogP contribution in [0.25, 0.3) is 0 Å². The molecule has 1 rings (SSSR count). The third-order valence-electron chi connectivity index (χ3n) is 1.65. The van der Waals surface area contributed by atoms with E-state index in [0.29, 0.717) is 0 Å². The summed E-state index contributed by atoms with van der Waals surface area (Å²) in [5.74, 6) is 0.939. The minimum atomic E-state index is 0.801. The second kappa shape index (κ2) is 5.86. The Bertz CT molecular complexity index is 276. The quantitative estimate of drug-likeness (QED) is 0.580. The van der Waals surface area contributed by atoms with E-state index in [2.05, 4.69) is 51.5 Å². The topological polar surface area (TPSA) is 9.23 Å². The highest BCUT2D eigenvalue weighted by molar-refractivity contribution is 14.1. The van der Waals surface area contributed by atoms with Gasteiger partial charge in [0.05, 0.1) is 11.1 Å². The Morgan fingerprint density at radius 1 is 1.46 bits per heavy atom. The lowest BCUT2D eigenvalue weighted by Gasteiger charge is -2.07. The van der Waals surface area contributed by atoms with E-state index in [4.69, 9.17) is 4.74 Å². The summed E-state index contributed by atoms with van der Waals surface area (Å²) in [6, 6.07) is 6.11. The van der Waals surface area contributed by atoms with Crippen LogP contribution in [0, 0.1) is 3.57 Å².